The van der Waals surface area contributed by atoms with Gasteiger partial charge in [-0.05, 0) is 24.0 Å². The van der Waals surface area contributed by atoms with Crippen LogP contribution in [0.5, 0.6) is 0 Å². The molecular formula is C14H19N3. The first kappa shape index (κ1) is 10.8. The highest BCUT2D eigenvalue weighted by atomic mass is 14.9. The van der Waals surface area contributed by atoms with Gasteiger partial charge in [-0.3, -0.25) is 0 Å². The molecule has 0 radical (unpaired) electrons. The van der Waals surface area contributed by atoms with Crippen LogP contribution in [0.2, 0.25) is 0 Å². The molecular weight excluding hydrogens is 210 g/mol. The van der Waals surface area contributed by atoms with Crippen LogP contribution in [-0.2, 0) is 13.1 Å². The standard InChI is InChI=1S/C14H19N3/c15-7-10-3-1-6-13-11(9-17-14(10)13)8-16-12-4-2-5-12/h1,3,6,9,12,16-17H,2,4-5,7-8,15H2. The summed E-state index contributed by atoms with van der Waals surface area (Å²) in [7, 11) is 0. The van der Waals surface area contributed by atoms with Gasteiger partial charge in [0.05, 0.1) is 5.52 Å². The number of nitrogens with one attached hydrogen (secondary N) is 2. The van der Waals surface area contributed by atoms with Gasteiger partial charge in [-0.2, -0.15) is 0 Å². The maximum atomic E-state index is 5.74. The fourth-order valence-electron chi connectivity index (χ4n) is 2.46. The summed E-state index contributed by atoms with van der Waals surface area (Å²) in [5.74, 6) is 0. The first-order chi connectivity index (χ1) is 8.38. The van der Waals surface area contributed by atoms with Crippen molar-refractivity contribution < 1.29 is 0 Å². The SMILES string of the molecule is NCc1cccc2c(CNC3CCC3)c[nH]c12. The van der Waals surface area contributed by atoms with Crippen molar-refractivity contribution in [3.8, 4) is 0 Å². The van der Waals surface area contributed by atoms with Crippen LogP contribution in [-0.4, -0.2) is 11.0 Å². The lowest BCUT2D eigenvalue weighted by atomic mass is 9.93. The smallest absolute Gasteiger partial charge is 0.0502 e. The number of benzene rings is 1. The maximum Gasteiger partial charge on any atom is 0.0502 e. The van der Waals surface area contributed by atoms with Crippen molar-refractivity contribution in [1.29, 1.82) is 0 Å². The van der Waals surface area contributed by atoms with E-state index in [9.17, 15) is 0 Å². The summed E-state index contributed by atoms with van der Waals surface area (Å²) in [4.78, 5) is 3.35. The zero-order valence-electron chi connectivity index (χ0n) is 10.00. The number of para-hydroxylation sites is 1. The van der Waals surface area contributed by atoms with Crippen LogP contribution in [0.25, 0.3) is 10.9 Å². The van der Waals surface area contributed by atoms with Crippen LogP contribution in [0.1, 0.15) is 30.4 Å². The Balaban J connectivity index is 1.84. The van der Waals surface area contributed by atoms with E-state index in [1.165, 1.54) is 41.3 Å². The summed E-state index contributed by atoms with van der Waals surface area (Å²) in [6, 6.07) is 7.08. The van der Waals surface area contributed by atoms with Crippen LogP contribution >= 0.6 is 0 Å². The van der Waals surface area contributed by atoms with Crippen LogP contribution in [0, 0.1) is 0 Å². The van der Waals surface area contributed by atoms with Crippen LogP contribution in [0.4, 0.5) is 0 Å². The largest absolute Gasteiger partial charge is 0.361 e. The van der Waals surface area contributed by atoms with E-state index in [1.807, 2.05) is 0 Å². The minimum atomic E-state index is 0.591. The van der Waals surface area contributed by atoms with Gasteiger partial charge in [0.1, 0.15) is 0 Å². The number of nitrogens with two attached hydrogens (primary N) is 1. The van der Waals surface area contributed by atoms with Crippen LogP contribution in [0.15, 0.2) is 24.4 Å². The molecule has 3 heteroatoms. The second-order valence-electron chi connectivity index (χ2n) is 4.87. The van der Waals surface area contributed by atoms with Gasteiger partial charge in [-0.1, -0.05) is 24.6 Å². The number of aromatic amines is 1. The zero-order chi connectivity index (χ0) is 11.7. The molecule has 0 saturated heterocycles. The normalized spacial score (nSPS) is 16.3. The Morgan fingerprint density at radius 3 is 2.88 bits per heavy atom. The van der Waals surface area contributed by atoms with Crippen molar-refractivity contribution in [1.82, 2.24) is 10.3 Å². The highest BCUT2D eigenvalue weighted by Gasteiger charge is 2.16. The minimum absolute atomic E-state index is 0.591. The molecule has 0 bridgehead atoms. The quantitative estimate of drug-likeness (QED) is 0.753. The lowest BCUT2D eigenvalue weighted by molar-refractivity contribution is 0.338. The van der Waals surface area contributed by atoms with Gasteiger partial charge < -0.3 is 16.0 Å². The molecule has 2 aromatic rings. The van der Waals surface area contributed by atoms with Crippen molar-refractivity contribution in [2.45, 2.75) is 38.4 Å². The highest BCUT2D eigenvalue weighted by molar-refractivity contribution is 5.86. The van der Waals surface area contributed by atoms with Crippen molar-refractivity contribution in [2.75, 3.05) is 0 Å². The highest BCUT2D eigenvalue weighted by Crippen LogP contribution is 2.23. The summed E-state index contributed by atoms with van der Waals surface area (Å²) in [5.41, 5.74) is 9.48. The van der Waals surface area contributed by atoms with Crippen molar-refractivity contribution in [3.05, 3.63) is 35.5 Å². The van der Waals surface area contributed by atoms with E-state index < -0.39 is 0 Å². The van der Waals surface area contributed by atoms with Gasteiger partial charge in [-0.25, -0.2) is 0 Å². The number of fused-ring (bicyclic) bond motifs is 1. The number of hydrogen-bond acceptors (Lipinski definition) is 2. The molecule has 3 rings (SSSR count). The van der Waals surface area contributed by atoms with E-state index >= 15 is 0 Å². The molecule has 1 aliphatic carbocycles. The molecule has 0 spiro atoms. The average molecular weight is 229 g/mol. The summed E-state index contributed by atoms with van der Waals surface area (Å²) >= 11 is 0. The second kappa shape index (κ2) is 4.51. The van der Waals surface area contributed by atoms with Gasteiger partial charge in [0.2, 0.25) is 0 Å². The number of aromatic nitrogens is 1. The summed E-state index contributed by atoms with van der Waals surface area (Å²) < 4.78 is 0. The average Bonchev–Trinajstić information content (AvgIpc) is 2.70. The van der Waals surface area contributed by atoms with Crippen molar-refractivity contribution in [2.24, 2.45) is 5.73 Å². The Morgan fingerprint density at radius 1 is 1.29 bits per heavy atom. The second-order valence-corrected chi connectivity index (χ2v) is 4.87. The van der Waals surface area contributed by atoms with Gasteiger partial charge in [0.25, 0.3) is 0 Å². The lowest BCUT2D eigenvalue weighted by Crippen LogP contribution is -2.34. The fourth-order valence-corrected chi connectivity index (χ4v) is 2.46. The van der Waals surface area contributed by atoms with Crippen LogP contribution in [0.3, 0.4) is 0 Å². The molecule has 1 aliphatic rings. The molecule has 0 amide bonds. The molecule has 4 N–H and O–H groups in total. The zero-order valence-corrected chi connectivity index (χ0v) is 10.00. The van der Waals surface area contributed by atoms with E-state index in [1.54, 1.807) is 0 Å². The molecule has 1 aromatic heterocycles. The van der Waals surface area contributed by atoms with Crippen LogP contribution < -0.4 is 11.1 Å². The van der Waals surface area contributed by atoms with E-state index in [2.05, 4.69) is 34.7 Å². The third kappa shape index (κ3) is 1.96. The summed E-state index contributed by atoms with van der Waals surface area (Å²) in [6.45, 7) is 1.55. The predicted octanol–water partition coefficient (Wildman–Crippen LogP) is 2.27. The molecule has 1 fully saturated rings. The number of hydrogen-bond donors (Lipinski definition) is 3. The minimum Gasteiger partial charge on any atom is -0.361 e. The Bertz CT molecular complexity index is 511. The third-order valence-corrected chi connectivity index (χ3v) is 3.79. The molecule has 1 saturated carbocycles. The van der Waals surface area contributed by atoms with Crippen molar-refractivity contribution in [3.63, 3.8) is 0 Å². The van der Waals surface area contributed by atoms with E-state index in [4.69, 9.17) is 5.73 Å². The first-order valence-corrected chi connectivity index (χ1v) is 6.40. The molecule has 17 heavy (non-hydrogen) atoms. The first-order valence-electron chi connectivity index (χ1n) is 6.40. The van der Waals surface area contributed by atoms with Gasteiger partial charge in [-0.15, -0.1) is 0 Å². The molecule has 0 aliphatic heterocycles. The van der Waals surface area contributed by atoms with Gasteiger partial charge in [0, 0.05) is 30.7 Å². The molecule has 3 nitrogen and oxygen atoms in total. The van der Waals surface area contributed by atoms with Gasteiger partial charge >= 0.3 is 0 Å². The Labute approximate surface area is 101 Å². The maximum absolute atomic E-state index is 5.74. The third-order valence-electron chi connectivity index (χ3n) is 3.79. The molecule has 1 aromatic carbocycles. The molecule has 0 unspecified atom stereocenters. The molecule has 0 atom stereocenters. The number of rotatable bonds is 4. The molecule has 1 heterocycles. The Kier molecular flexibility index (Phi) is 2.87. The summed E-state index contributed by atoms with van der Waals surface area (Å²) in [6.07, 6.45) is 6.14. The molecule has 90 valence electrons. The Morgan fingerprint density at radius 2 is 2.18 bits per heavy atom. The van der Waals surface area contributed by atoms with Crippen molar-refractivity contribution >= 4 is 10.9 Å². The predicted molar refractivity (Wildman–Crippen MR) is 70.7 cm³/mol. The monoisotopic (exact) mass is 229 g/mol. The topological polar surface area (TPSA) is 53.8 Å². The lowest BCUT2D eigenvalue weighted by Gasteiger charge is -2.26. The van der Waals surface area contributed by atoms with Gasteiger partial charge in [0.15, 0.2) is 0 Å². The Hall–Kier alpha value is -1.32. The number of H-pyrrole nitrogens is 1. The van der Waals surface area contributed by atoms with E-state index in [0.29, 0.717) is 6.54 Å². The van der Waals surface area contributed by atoms with E-state index in [0.717, 1.165) is 12.6 Å². The fraction of sp³-hybridized carbons (Fsp3) is 0.429. The van der Waals surface area contributed by atoms with E-state index in [-0.39, 0.29) is 0 Å². The summed E-state index contributed by atoms with van der Waals surface area (Å²) in [5, 5.41) is 4.91.